The molecule has 1 aromatic carbocycles. The van der Waals surface area contributed by atoms with E-state index in [-0.39, 0.29) is 11.7 Å². The van der Waals surface area contributed by atoms with Crippen molar-refractivity contribution in [1.29, 1.82) is 5.41 Å². The topological polar surface area (TPSA) is 88.2 Å². The van der Waals surface area contributed by atoms with Crippen LogP contribution in [0, 0.1) is 5.41 Å². The van der Waals surface area contributed by atoms with Gasteiger partial charge >= 0.3 is 0 Å². The largest absolute Gasteiger partial charge is 0.494 e. The zero-order chi connectivity index (χ0) is 13.7. The Hall–Kier alpha value is -2.04. The summed E-state index contributed by atoms with van der Waals surface area (Å²) in [7, 11) is 0. The predicted molar refractivity (Wildman–Crippen MR) is 74.7 cm³/mol. The second-order valence-electron chi connectivity index (χ2n) is 4.70. The molecule has 0 spiro atoms. The Bertz CT molecular complexity index is 486. The molecule has 102 valence electrons. The normalized spacial score (nSPS) is 13.6. The van der Waals surface area contributed by atoms with Gasteiger partial charge in [0.25, 0.3) is 0 Å². The van der Waals surface area contributed by atoms with Crippen LogP contribution in [0.5, 0.6) is 5.75 Å². The van der Waals surface area contributed by atoms with Gasteiger partial charge in [0.1, 0.15) is 5.75 Å². The fraction of sp³-hybridized carbons (Fsp3) is 0.429. The van der Waals surface area contributed by atoms with E-state index in [1.165, 1.54) is 0 Å². The number of amides is 1. The average molecular weight is 261 g/mol. The van der Waals surface area contributed by atoms with Gasteiger partial charge in [-0.2, -0.15) is 0 Å². The smallest absolute Gasteiger partial charge is 0.224 e. The number of hydrogen-bond acceptors (Lipinski definition) is 3. The van der Waals surface area contributed by atoms with Crippen LogP contribution >= 0.6 is 0 Å². The van der Waals surface area contributed by atoms with Crippen LogP contribution in [0.25, 0.3) is 0 Å². The van der Waals surface area contributed by atoms with E-state index in [1.807, 2.05) is 18.2 Å². The number of nitrogens with two attached hydrogens (primary N) is 1. The van der Waals surface area contributed by atoms with Crippen molar-refractivity contribution >= 4 is 17.4 Å². The first kappa shape index (κ1) is 13.4. The number of nitrogens with one attached hydrogen (secondary N) is 2. The summed E-state index contributed by atoms with van der Waals surface area (Å²) in [5, 5.41) is 9.96. The van der Waals surface area contributed by atoms with Crippen molar-refractivity contribution < 1.29 is 9.53 Å². The first-order chi connectivity index (χ1) is 9.15. The molecule has 1 aliphatic rings. The molecule has 5 heteroatoms. The Morgan fingerprint density at radius 3 is 3.00 bits per heavy atom. The molecule has 0 fully saturated rings. The van der Waals surface area contributed by atoms with E-state index < -0.39 is 0 Å². The molecule has 0 saturated heterocycles. The van der Waals surface area contributed by atoms with E-state index in [0.29, 0.717) is 19.4 Å². The van der Waals surface area contributed by atoms with Crippen molar-refractivity contribution in [2.75, 3.05) is 11.9 Å². The number of ether oxygens (including phenoxy) is 1. The van der Waals surface area contributed by atoms with Crippen LogP contribution in [0.3, 0.4) is 0 Å². The lowest BCUT2D eigenvalue weighted by Gasteiger charge is -2.17. The van der Waals surface area contributed by atoms with Crippen LogP contribution in [-0.2, 0) is 11.2 Å². The number of hydrogen-bond donors (Lipinski definition) is 3. The highest BCUT2D eigenvalue weighted by Crippen LogP contribution is 2.26. The standard InChI is InChI=1S/C14H19N3O2/c15-13(16)3-1-2-8-19-11-5-6-12-10(9-11)4-7-14(18)17-12/h5-6,9H,1-4,7-8H2,(H3,15,16)(H,17,18). The van der Waals surface area contributed by atoms with Crippen LogP contribution in [-0.4, -0.2) is 18.3 Å². The number of benzene rings is 1. The summed E-state index contributed by atoms with van der Waals surface area (Å²) in [5.74, 6) is 1.13. The Labute approximate surface area is 112 Å². The number of anilines is 1. The molecule has 0 unspecified atom stereocenters. The van der Waals surface area contributed by atoms with Gasteiger partial charge in [0.15, 0.2) is 0 Å². The molecule has 5 nitrogen and oxygen atoms in total. The molecule has 0 bridgehead atoms. The number of unbranched alkanes of at least 4 members (excludes halogenated alkanes) is 1. The molecule has 0 radical (unpaired) electrons. The van der Waals surface area contributed by atoms with Crippen LogP contribution in [0.2, 0.25) is 0 Å². The molecule has 4 N–H and O–H groups in total. The third-order valence-corrected chi connectivity index (χ3v) is 3.08. The molecular formula is C14H19N3O2. The molecule has 0 aromatic heterocycles. The molecule has 1 aromatic rings. The number of fused-ring (bicyclic) bond motifs is 1. The molecule has 1 aliphatic heterocycles. The van der Waals surface area contributed by atoms with Crippen molar-refractivity contribution in [3.05, 3.63) is 23.8 Å². The van der Waals surface area contributed by atoms with Gasteiger partial charge in [0.2, 0.25) is 5.91 Å². The van der Waals surface area contributed by atoms with E-state index in [0.717, 1.165) is 36.3 Å². The Morgan fingerprint density at radius 2 is 2.21 bits per heavy atom. The zero-order valence-corrected chi connectivity index (χ0v) is 10.9. The number of aryl methyl sites for hydroxylation is 1. The maximum absolute atomic E-state index is 11.2. The summed E-state index contributed by atoms with van der Waals surface area (Å²) in [6, 6.07) is 5.74. The minimum atomic E-state index is 0.0744. The minimum absolute atomic E-state index is 0.0744. The molecule has 0 aliphatic carbocycles. The van der Waals surface area contributed by atoms with Gasteiger partial charge in [0, 0.05) is 18.5 Å². The highest BCUT2D eigenvalue weighted by Gasteiger charge is 2.14. The number of carbonyl (C=O) groups is 1. The van der Waals surface area contributed by atoms with E-state index in [1.54, 1.807) is 0 Å². The van der Waals surface area contributed by atoms with Crippen molar-refractivity contribution in [2.45, 2.75) is 32.1 Å². The summed E-state index contributed by atoms with van der Waals surface area (Å²) in [6.07, 6.45) is 3.68. The third kappa shape index (κ3) is 3.98. The summed E-state index contributed by atoms with van der Waals surface area (Å²) in [5.41, 5.74) is 7.30. The van der Waals surface area contributed by atoms with E-state index in [9.17, 15) is 4.79 Å². The second kappa shape index (κ2) is 6.22. The van der Waals surface area contributed by atoms with E-state index >= 15 is 0 Å². The first-order valence-corrected chi connectivity index (χ1v) is 6.53. The van der Waals surface area contributed by atoms with Crippen LogP contribution in [0.4, 0.5) is 5.69 Å². The van der Waals surface area contributed by atoms with E-state index in [2.05, 4.69) is 5.32 Å². The summed E-state index contributed by atoms with van der Waals surface area (Å²) in [4.78, 5) is 11.2. The number of carbonyl (C=O) groups excluding carboxylic acids is 1. The quantitative estimate of drug-likeness (QED) is 0.416. The molecule has 0 saturated carbocycles. The number of rotatable bonds is 6. The van der Waals surface area contributed by atoms with Gasteiger partial charge in [-0.25, -0.2) is 0 Å². The molecule has 1 amide bonds. The highest BCUT2D eigenvalue weighted by molar-refractivity contribution is 5.93. The van der Waals surface area contributed by atoms with E-state index in [4.69, 9.17) is 15.9 Å². The summed E-state index contributed by atoms with van der Waals surface area (Å²) in [6.45, 7) is 0.623. The Morgan fingerprint density at radius 1 is 1.37 bits per heavy atom. The Balaban J connectivity index is 1.82. The fourth-order valence-electron chi connectivity index (χ4n) is 2.06. The monoisotopic (exact) mass is 261 g/mol. The van der Waals surface area contributed by atoms with Gasteiger partial charge in [0.05, 0.1) is 12.4 Å². The zero-order valence-electron chi connectivity index (χ0n) is 10.9. The van der Waals surface area contributed by atoms with Crippen molar-refractivity contribution in [2.24, 2.45) is 5.73 Å². The lowest BCUT2D eigenvalue weighted by atomic mass is 10.0. The van der Waals surface area contributed by atoms with Gasteiger partial charge in [-0.3, -0.25) is 10.2 Å². The lowest BCUT2D eigenvalue weighted by Crippen LogP contribution is -2.18. The van der Waals surface area contributed by atoms with Crippen LogP contribution in [0.1, 0.15) is 31.2 Å². The molecular weight excluding hydrogens is 242 g/mol. The van der Waals surface area contributed by atoms with Gasteiger partial charge in [-0.05, 0) is 43.0 Å². The number of amidine groups is 1. The van der Waals surface area contributed by atoms with Crippen LogP contribution < -0.4 is 15.8 Å². The summed E-state index contributed by atoms with van der Waals surface area (Å²) >= 11 is 0. The average Bonchev–Trinajstić information content (AvgIpc) is 2.38. The highest BCUT2D eigenvalue weighted by atomic mass is 16.5. The summed E-state index contributed by atoms with van der Waals surface area (Å²) < 4.78 is 5.66. The predicted octanol–water partition coefficient (Wildman–Crippen LogP) is 2.06. The Kier molecular flexibility index (Phi) is 4.39. The second-order valence-corrected chi connectivity index (χ2v) is 4.70. The molecule has 2 rings (SSSR count). The molecule has 19 heavy (non-hydrogen) atoms. The molecule has 1 heterocycles. The lowest BCUT2D eigenvalue weighted by molar-refractivity contribution is -0.116. The fourth-order valence-corrected chi connectivity index (χ4v) is 2.06. The molecule has 0 atom stereocenters. The SMILES string of the molecule is N=C(N)CCCCOc1ccc2c(c1)CCC(=O)N2. The maximum Gasteiger partial charge on any atom is 0.224 e. The third-order valence-electron chi connectivity index (χ3n) is 3.08. The minimum Gasteiger partial charge on any atom is -0.494 e. The van der Waals surface area contributed by atoms with Gasteiger partial charge < -0.3 is 15.8 Å². The van der Waals surface area contributed by atoms with Crippen molar-refractivity contribution in [3.63, 3.8) is 0 Å². The van der Waals surface area contributed by atoms with Gasteiger partial charge in [-0.1, -0.05) is 0 Å². The van der Waals surface area contributed by atoms with Crippen molar-refractivity contribution in [3.8, 4) is 5.75 Å². The van der Waals surface area contributed by atoms with Gasteiger partial charge in [-0.15, -0.1) is 0 Å². The van der Waals surface area contributed by atoms with Crippen LogP contribution in [0.15, 0.2) is 18.2 Å². The maximum atomic E-state index is 11.2. The first-order valence-electron chi connectivity index (χ1n) is 6.53. The van der Waals surface area contributed by atoms with Crippen molar-refractivity contribution in [1.82, 2.24) is 0 Å².